The Kier molecular flexibility index (Phi) is 5.89. The Bertz CT molecular complexity index is 1490. The second-order valence-corrected chi connectivity index (χ2v) is 8.27. The number of hydrogen-bond donors (Lipinski definition) is 2. The molecule has 1 aliphatic rings. The first kappa shape index (κ1) is 22.8. The number of aromatic amines is 1. The molecule has 182 valence electrons. The van der Waals surface area contributed by atoms with Gasteiger partial charge in [0.05, 0.1) is 17.4 Å². The Balaban J connectivity index is 1.30. The van der Waals surface area contributed by atoms with Crippen LogP contribution in [0.15, 0.2) is 35.3 Å². The van der Waals surface area contributed by atoms with Crippen LogP contribution >= 0.6 is 0 Å². The van der Waals surface area contributed by atoms with Gasteiger partial charge in [-0.25, -0.2) is 18.3 Å². The first-order valence-corrected chi connectivity index (χ1v) is 11.2. The van der Waals surface area contributed by atoms with Crippen LogP contribution in [-0.4, -0.2) is 63.1 Å². The molecule has 5 rings (SSSR count). The molecule has 3 aromatic heterocycles. The standard InChI is InChI=1S/C23H22F3N7O2/c1-2-27-22(34)15-4-6-17(21(26)29-15)32-9-7-31(8-10-32)12-13-3-5-16-19(18(13)25)30-23(35)20-14(24)11-28-33(16)20/h3-6,11H,2,7-10,12H2,1H3,(H,27,34)(H,30,35). The van der Waals surface area contributed by atoms with Gasteiger partial charge >= 0.3 is 0 Å². The third kappa shape index (κ3) is 4.09. The molecule has 2 N–H and O–H groups in total. The molecule has 4 aromatic rings. The van der Waals surface area contributed by atoms with Crippen molar-refractivity contribution in [2.75, 3.05) is 37.6 Å². The number of rotatable bonds is 5. The molecule has 35 heavy (non-hydrogen) atoms. The van der Waals surface area contributed by atoms with Crippen LogP contribution in [0.25, 0.3) is 16.6 Å². The fraction of sp³-hybridized carbons (Fsp3) is 0.304. The van der Waals surface area contributed by atoms with E-state index >= 15 is 4.39 Å². The summed E-state index contributed by atoms with van der Waals surface area (Å²) < 4.78 is 44.8. The van der Waals surface area contributed by atoms with Gasteiger partial charge in [-0.15, -0.1) is 0 Å². The Labute approximate surface area is 197 Å². The van der Waals surface area contributed by atoms with E-state index in [4.69, 9.17) is 0 Å². The van der Waals surface area contributed by atoms with Gasteiger partial charge in [-0.05, 0) is 25.1 Å². The molecule has 1 aliphatic heterocycles. The van der Waals surface area contributed by atoms with E-state index in [2.05, 4.69) is 20.4 Å². The summed E-state index contributed by atoms with van der Waals surface area (Å²) in [6, 6.07) is 6.21. The number of piperazine rings is 1. The minimum atomic E-state index is -0.777. The molecular formula is C23H22F3N7O2. The number of anilines is 1. The minimum absolute atomic E-state index is 0.0201. The van der Waals surface area contributed by atoms with Crippen LogP contribution in [0.5, 0.6) is 0 Å². The Morgan fingerprint density at radius 2 is 1.89 bits per heavy atom. The van der Waals surface area contributed by atoms with Crippen LogP contribution in [-0.2, 0) is 6.54 Å². The lowest BCUT2D eigenvalue weighted by Gasteiger charge is -2.36. The maximum absolute atomic E-state index is 15.3. The van der Waals surface area contributed by atoms with Crippen LogP contribution in [0.4, 0.5) is 18.9 Å². The van der Waals surface area contributed by atoms with Crippen molar-refractivity contribution in [3.63, 3.8) is 0 Å². The summed E-state index contributed by atoms with van der Waals surface area (Å²) in [6.07, 6.45) is 0.918. The monoisotopic (exact) mass is 485 g/mol. The highest BCUT2D eigenvalue weighted by molar-refractivity contribution is 5.92. The molecule has 0 aliphatic carbocycles. The highest BCUT2D eigenvalue weighted by atomic mass is 19.1. The van der Waals surface area contributed by atoms with Crippen LogP contribution in [0.3, 0.4) is 0 Å². The molecule has 12 heteroatoms. The van der Waals surface area contributed by atoms with E-state index in [0.29, 0.717) is 44.0 Å². The number of fused-ring (bicyclic) bond motifs is 3. The number of nitrogens with zero attached hydrogens (tertiary/aromatic N) is 5. The molecular weight excluding hydrogens is 463 g/mol. The van der Waals surface area contributed by atoms with Crippen molar-refractivity contribution < 1.29 is 18.0 Å². The molecule has 1 amide bonds. The Morgan fingerprint density at radius 3 is 2.60 bits per heavy atom. The van der Waals surface area contributed by atoms with E-state index in [-0.39, 0.29) is 28.8 Å². The Hall–Kier alpha value is -3.93. The van der Waals surface area contributed by atoms with E-state index in [1.165, 1.54) is 6.07 Å². The normalized spacial score (nSPS) is 14.7. The van der Waals surface area contributed by atoms with Gasteiger partial charge < -0.3 is 15.2 Å². The zero-order valence-corrected chi connectivity index (χ0v) is 18.8. The molecule has 0 bridgehead atoms. The van der Waals surface area contributed by atoms with Crippen molar-refractivity contribution in [2.24, 2.45) is 0 Å². The average Bonchev–Trinajstić information content (AvgIpc) is 3.24. The molecule has 0 spiro atoms. The minimum Gasteiger partial charge on any atom is -0.365 e. The summed E-state index contributed by atoms with van der Waals surface area (Å²) >= 11 is 0. The van der Waals surface area contributed by atoms with E-state index in [1.54, 1.807) is 25.1 Å². The van der Waals surface area contributed by atoms with E-state index < -0.39 is 29.0 Å². The van der Waals surface area contributed by atoms with Crippen molar-refractivity contribution in [1.82, 2.24) is 29.8 Å². The lowest BCUT2D eigenvalue weighted by Crippen LogP contribution is -2.46. The van der Waals surface area contributed by atoms with E-state index in [0.717, 1.165) is 10.7 Å². The van der Waals surface area contributed by atoms with Gasteiger partial charge in [-0.2, -0.15) is 9.49 Å². The molecule has 1 fully saturated rings. The van der Waals surface area contributed by atoms with Gasteiger partial charge in [-0.3, -0.25) is 14.5 Å². The predicted molar refractivity (Wildman–Crippen MR) is 123 cm³/mol. The van der Waals surface area contributed by atoms with Crippen LogP contribution in [0.1, 0.15) is 23.0 Å². The van der Waals surface area contributed by atoms with Gasteiger partial charge in [0.1, 0.15) is 11.2 Å². The third-order valence-corrected chi connectivity index (χ3v) is 6.11. The summed E-state index contributed by atoms with van der Waals surface area (Å²) in [5.41, 5.74) is -0.106. The number of hydrogen-bond acceptors (Lipinski definition) is 6. The number of amides is 1. The summed E-state index contributed by atoms with van der Waals surface area (Å²) in [5, 5.41) is 6.43. The number of H-pyrrole nitrogens is 1. The largest absolute Gasteiger partial charge is 0.365 e. The lowest BCUT2D eigenvalue weighted by atomic mass is 10.1. The highest BCUT2D eigenvalue weighted by Crippen LogP contribution is 2.23. The van der Waals surface area contributed by atoms with Crippen molar-refractivity contribution in [1.29, 1.82) is 0 Å². The predicted octanol–water partition coefficient (Wildman–Crippen LogP) is 2.06. The smallest absolute Gasteiger partial charge is 0.277 e. The zero-order chi connectivity index (χ0) is 24.7. The summed E-state index contributed by atoms with van der Waals surface area (Å²) in [6.45, 7) is 4.51. The van der Waals surface area contributed by atoms with Crippen molar-refractivity contribution in [2.45, 2.75) is 13.5 Å². The number of nitrogens with one attached hydrogen (secondary N) is 2. The van der Waals surface area contributed by atoms with Gasteiger partial charge in [0.15, 0.2) is 17.2 Å². The second-order valence-electron chi connectivity index (χ2n) is 8.27. The number of carbonyl (C=O) groups excluding carboxylic acids is 1. The molecule has 0 saturated carbocycles. The fourth-order valence-electron chi connectivity index (χ4n) is 4.34. The van der Waals surface area contributed by atoms with Gasteiger partial charge in [0.25, 0.3) is 11.5 Å². The summed E-state index contributed by atoms with van der Waals surface area (Å²) in [4.78, 5) is 34.1. The number of halogens is 3. The van der Waals surface area contributed by atoms with Gasteiger partial charge in [0.2, 0.25) is 5.95 Å². The maximum atomic E-state index is 15.3. The number of carbonyl (C=O) groups is 1. The molecule has 0 unspecified atom stereocenters. The van der Waals surface area contributed by atoms with Crippen molar-refractivity contribution >= 4 is 28.1 Å². The number of pyridine rings is 1. The summed E-state index contributed by atoms with van der Waals surface area (Å²) in [7, 11) is 0. The van der Waals surface area contributed by atoms with E-state index in [9.17, 15) is 18.4 Å². The molecule has 1 aromatic carbocycles. The lowest BCUT2D eigenvalue weighted by molar-refractivity contribution is 0.0949. The molecule has 9 nitrogen and oxygen atoms in total. The first-order valence-electron chi connectivity index (χ1n) is 11.2. The van der Waals surface area contributed by atoms with Crippen LogP contribution in [0.2, 0.25) is 0 Å². The topological polar surface area (TPSA) is 98.6 Å². The fourth-order valence-corrected chi connectivity index (χ4v) is 4.34. The molecule has 4 heterocycles. The van der Waals surface area contributed by atoms with E-state index in [1.807, 2.05) is 9.80 Å². The summed E-state index contributed by atoms with van der Waals surface area (Å²) in [5.74, 6) is -2.52. The zero-order valence-electron chi connectivity index (χ0n) is 18.8. The van der Waals surface area contributed by atoms with Gasteiger partial charge in [0, 0.05) is 44.8 Å². The van der Waals surface area contributed by atoms with Crippen LogP contribution < -0.4 is 15.8 Å². The Morgan fingerprint density at radius 1 is 1.11 bits per heavy atom. The SMILES string of the molecule is CCNC(=O)c1ccc(N2CCN(Cc3ccc4c([nH]c(=O)c5c(F)cnn54)c3F)CC2)c(F)n1. The third-order valence-electron chi connectivity index (χ3n) is 6.11. The molecule has 1 saturated heterocycles. The second kappa shape index (κ2) is 9.02. The quantitative estimate of drug-likeness (QED) is 0.420. The van der Waals surface area contributed by atoms with Gasteiger partial charge in [-0.1, -0.05) is 6.07 Å². The van der Waals surface area contributed by atoms with Crippen molar-refractivity contribution in [3.05, 3.63) is 69.7 Å². The number of benzene rings is 1. The average molecular weight is 485 g/mol. The molecule has 0 atom stereocenters. The first-order chi connectivity index (χ1) is 16.9. The van der Waals surface area contributed by atoms with Crippen LogP contribution in [0, 0.1) is 17.6 Å². The van der Waals surface area contributed by atoms with Crippen molar-refractivity contribution in [3.8, 4) is 0 Å². The maximum Gasteiger partial charge on any atom is 0.277 e. The number of aromatic nitrogens is 4. The highest BCUT2D eigenvalue weighted by Gasteiger charge is 2.23. The molecule has 0 radical (unpaired) electrons.